The lowest BCUT2D eigenvalue weighted by Gasteiger charge is -2.47. The fourth-order valence-corrected chi connectivity index (χ4v) is 11.2. The van der Waals surface area contributed by atoms with Crippen molar-refractivity contribution in [1.29, 1.82) is 0 Å². The van der Waals surface area contributed by atoms with Crippen LogP contribution in [0.25, 0.3) is 0 Å². The van der Waals surface area contributed by atoms with E-state index in [1.165, 1.54) is 0 Å². The van der Waals surface area contributed by atoms with Crippen LogP contribution in [-0.2, 0) is 22.4 Å². The van der Waals surface area contributed by atoms with Crippen LogP contribution in [0.2, 0.25) is 0 Å². The number of anilines is 2. The van der Waals surface area contributed by atoms with E-state index in [1.54, 1.807) is 7.11 Å². The molecule has 4 aromatic rings. The Morgan fingerprint density at radius 1 is 0.620 bits per heavy atom. The molecule has 0 radical (unpaired) electrons. The van der Waals surface area contributed by atoms with Crippen LogP contribution in [0.5, 0.6) is 0 Å². The summed E-state index contributed by atoms with van der Waals surface area (Å²) in [6, 6.07) is 33.2. The number of methoxy groups -OCH3 is 1. The van der Waals surface area contributed by atoms with E-state index >= 15 is 0 Å². The lowest BCUT2D eigenvalue weighted by molar-refractivity contribution is -0.147. The largest absolute Gasteiger partial charge is 0.369 e. The zero-order chi connectivity index (χ0) is 51.0. The maximum atomic E-state index is 14.4. The van der Waals surface area contributed by atoms with Crippen molar-refractivity contribution in [2.75, 3.05) is 111 Å². The summed E-state index contributed by atoms with van der Waals surface area (Å²) in [5.41, 5.74) is 7.52. The Bertz CT molecular complexity index is 2410. The Balaban J connectivity index is 0.968. The summed E-state index contributed by atoms with van der Waals surface area (Å²) in [6.07, 6.45) is 2.13. The highest BCUT2D eigenvalue weighted by Gasteiger charge is 2.42. The van der Waals surface area contributed by atoms with Crippen molar-refractivity contribution in [3.05, 3.63) is 143 Å². The Hall–Kier alpha value is -5.37. The molecule has 7 rings (SSSR count). The average molecular weight is 967 g/mol. The molecule has 3 saturated heterocycles. The molecule has 71 heavy (non-hydrogen) atoms. The molecule has 12 heteroatoms. The number of ketones is 2. The van der Waals surface area contributed by atoms with E-state index in [9.17, 15) is 14.4 Å². The van der Waals surface area contributed by atoms with Crippen molar-refractivity contribution in [3.63, 3.8) is 0 Å². The molecule has 3 aliphatic rings. The lowest BCUT2D eigenvalue weighted by atomic mass is 9.80. The van der Waals surface area contributed by atoms with Crippen molar-refractivity contribution in [2.24, 2.45) is 0 Å². The lowest BCUT2D eigenvalue weighted by Crippen LogP contribution is -2.59. The molecule has 0 bridgehead atoms. The number of amides is 1. The third kappa shape index (κ3) is 11.5. The van der Waals surface area contributed by atoms with Gasteiger partial charge in [0.25, 0.3) is 0 Å². The maximum Gasteiger partial charge on any atom is 0.230 e. The number of carbonyl (C=O) groups excluding carboxylic acids is 3. The summed E-state index contributed by atoms with van der Waals surface area (Å²) >= 11 is 0. The molecule has 3 heterocycles. The summed E-state index contributed by atoms with van der Waals surface area (Å²) < 4.78 is 6.10. The van der Waals surface area contributed by atoms with Crippen LogP contribution in [0.1, 0.15) is 102 Å². The fraction of sp³-hybridized carbons (Fsp3) is 0.508. The minimum Gasteiger partial charge on any atom is -0.369 e. The van der Waals surface area contributed by atoms with Gasteiger partial charge >= 0.3 is 0 Å². The van der Waals surface area contributed by atoms with E-state index in [4.69, 9.17) is 4.74 Å². The van der Waals surface area contributed by atoms with Crippen LogP contribution >= 0.6 is 0 Å². The van der Waals surface area contributed by atoms with Crippen molar-refractivity contribution < 1.29 is 19.1 Å². The number of piperazine rings is 3. The van der Waals surface area contributed by atoms with Gasteiger partial charge in [-0.05, 0) is 139 Å². The average Bonchev–Trinajstić information content (AvgIpc) is 3.41. The van der Waals surface area contributed by atoms with Gasteiger partial charge in [-0.1, -0.05) is 75.9 Å². The molecule has 3 fully saturated rings. The highest BCUT2D eigenvalue weighted by Crippen LogP contribution is 2.35. The van der Waals surface area contributed by atoms with E-state index in [2.05, 4.69) is 142 Å². The van der Waals surface area contributed by atoms with Crippen molar-refractivity contribution in [3.8, 4) is 0 Å². The predicted octanol–water partition coefficient (Wildman–Crippen LogP) is 7.70. The summed E-state index contributed by atoms with van der Waals surface area (Å²) in [6.45, 7) is 23.8. The number of hydrogen-bond acceptors (Lipinski definition) is 11. The Morgan fingerprint density at radius 3 is 1.38 bits per heavy atom. The summed E-state index contributed by atoms with van der Waals surface area (Å²) in [4.78, 5) is 56.2. The van der Waals surface area contributed by atoms with E-state index in [0.717, 1.165) is 103 Å². The number of Topliss-reactive ketones (excluding diaryl/α,β-unsaturated/α-hetero) is 2. The van der Waals surface area contributed by atoms with Gasteiger partial charge in [0.15, 0.2) is 11.6 Å². The summed E-state index contributed by atoms with van der Waals surface area (Å²) in [7, 11) is 9.72. The molecule has 2 N–H and O–H groups in total. The van der Waals surface area contributed by atoms with E-state index < -0.39 is 11.1 Å². The molecule has 6 unspecified atom stereocenters. The van der Waals surface area contributed by atoms with Crippen LogP contribution in [0.3, 0.4) is 0 Å². The number of ether oxygens (including phenoxy) is 1. The first kappa shape index (κ1) is 53.4. The number of benzene rings is 4. The monoisotopic (exact) mass is 967 g/mol. The van der Waals surface area contributed by atoms with Gasteiger partial charge in [-0.25, -0.2) is 0 Å². The predicted molar refractivity (Wildman–Crippen MR) is 290 cm³/mol. The summed E-state index contributed by atoms with van der Waals surface area (Å²) in [5.74, 6) is -0.0597. The second-order valence-electron chi connectivity index (χ2n) is 20.7. The van der Waals surface area contributed by atoms with Crippen LogP contribution in [0, 0.1) is 0 Å². The standard InChI is InChI=1S/C59H82N8O4/c1-12-58(62(7)8,55(68)50-22-26-52(27-23-50)64-34-30-60-31-35-64)38-46-14-18-48(19-15-46)43(4)45(6)67-40-42(3)66(41-54(67)71-11)57(70)44(5)49-20-16-47(17-21-49)39-59(13-2,63(9)10)56(69)51-24-28-53(29-25-51)65-36-32-61-33-37-65/h14-29,42-44,54,60-61H,6,12-13,30-41H2,1-5,7-11H3. The highest BCUT2D eigenvalue weighted by molar-refractivity contribution is 6.04. The van der Waals surface area contributed by atoms with E-state index in [1.807, 2.05) is 64.3 Å². The smallest absolute Gasteiger partial charge is 0.230 e. The molecular formula is C59H82N8O4. The molecule has 6 atom stereocenters. The van der Waals surface area contributed by atoms with E-state index in [-0.39, 0.29) is 41.6 Å². The first-order valence-electron chi connectivity index (χ1n) is 26.1. The molecule has 0 saturated carbocycles. The van der Waals surface area contributed by atoms with Gasteiger partial charge in [-0.3, -0.25) is 24.2 Å². The topological polar surface area (TPSA) is 104 Å². The SMILES string of the molecule is C=C(C(C)c1ccc(CC(CC)(C(=O)c2ccc(N3CCNCC3)cc2)N(C)C)cc1)N1CC(C)N(C(=O)C(C)c2ccc(CC(CC)(C(=O)c3ccc(N4CCNCC4)cc3)N(C)C)cc2)CC1OC. The zero-order valence-electron chi connectivity index (χ0n) is 44.5. The van der Waals surface area contributed by atoms with Gasteiger partial charge in [0.1, 0.15) is 6.23 Å². The Kier molecular flexibility index (Phi) is 17.6. The molecule has 1 amide bonds. The maximum absolute atomic E-state index is 14.4. The number of likely N-dealkylation sites (N-methyl/N-ethyl adjacent to an activating group) is 2. The van der Waals surface area contributed by atoms with Crippen LogP contribution in [-0.4, -0.2) is 161 Å². The second kappa shape index (κ2) is 23.5. The van der Waals surface area contributed by atoms with Crippen LogP contribution in [0.15, 0.2) is 109 Å². The molecule has 0 aliphatic carbocycles. The third-order valence-corrected chi connectivity index (χ3v) is 16.4. The van der Waals surface area contributed by atoms with Gasteiger partial charge in [-0.15, -0.1) is 0 Å². The number of rotatable bonds is 20. The van der Waals surface area contributed by atoms with Crippen molar-refractivity contribution >= 4 is 28.8 Å². The quantitative estimate of drug-likeness (QED) is 0.0853. The number of nitrogens with zero attached hydrogens (tertiary/aromatic N) is 6. The minimum atomic E-state index is -0.719. The van der Waals surface area contributed by atoms with Gasteiger partial charge in [0.2, 0.25) is 5.91 Å². The first-order valence-corrected chi connectivity index (χ1v) is 26.1. The molecule has 12 nitrogen and oxygen atoms in total. The van der Waals surface area contributed by atoms with Crippen LogP contribution < -0.4 is 20.4 Å². The Labute approximate surface area is 425 Å². The van der Waals surface area contributed by atoms with E-state index in [0.29, 0.717) is 38.8 Å². The number of carbonyl (C=O) groups is 3. The minimum absolute atomic E-state index is 0.00798. The molecule has 382 valence electrons. The number of hydrogen-bond donors (Lipinski definition) is 2. The molecule has 0 spiro atoms. The van der Waals surface area contributed by atoms with Gasteiger partial charge in [0.05, 0.1) is 23.5 Å². The Morgan fingerprint density at radius 2 is 1.01 bits per heavy atom. The number of nitrogens with one attached hydrogen (secondary N) is 2. The fourth-order valence-electron chi connectivity index (χ4n) is 11.2. The first-order chi connectivity index (χ1) is 34.1. The van der Waals surface area contributed by atoms with Gasteiger partial charge in [0, 0.05) is 106 Å². The number of allylic oxidation sites excluding steroid dienone is 1. The van der Waals surface area contributed by atoms with Crippen molar-refractivity contribution in [1.82, 2.24) is 30.2 Å². The summed E-state index contributed by atoms with van der Waals surface area (Å²) in [5, 5.41) is 6.82. The highest BCUT2D eigenvalue weighted by atomic mass is 16.5. The van der Waals surface area contributed by atoms with Gasteiger partial charge < -0.3 is 35.0 Å². The molecule has 3 aliphatic heterocycles. The van der Waals surface area contributed by atoms with Crippen molar-refractivity contribution in [2.45, 2.75) is 95.5 Å². The normalized spacial score (nSPS) is 20.3. The molecule has 4 aromatic carbocycles. The second-order valence-corrected chi connectivity index (χ2v) is 20.7. The van der Waals surface area contributed by atoms with Crippen LogP contribution in [0.4, 0.5) is 11.4 Å². The molecular weight excluding hydrogens is 885 g/mol. The van der Waals surface area contributed by atoms with Gasteiger partial charge in [-0.2, -0.15) is 0 Å². The third-order valence-electron chi connectivity index (χ3n) is 16.4. The molecule has 0 aromatic heterocycles. The zero-order valence-corrected chi connectivity index (χ0v) is 44.5.